The molecule has 0 saturated carbocycles. The molecule has 7 nitrogen and oxygen atoms in total. The third-order valence-electron chi connectivity index (χ3n) is 6.99. The minimum Gasteiger partial charge on any atom is -0.490 e. The van der Waals surface area contributed by atoms with Gasteiger partial charge < -0.3 is 9.47 Å². The van der Waals surface area contributed by atoms with Gasteiger partial charge in [0.25, 0.3) is 5.91 Å². The normalized spacial score (nSPS) is 20.3. The number of hydroxylamine groups is 1. The number of rotatable bonds is 8. The zero-order valence-electron chi connectivity index (χ0n) is 21.5. The van der Waals surface area contributed by atoms with Gasteiger partial charge in [-0.3, -0.25) is 14.4 Å². The van der Waals surface area contributed by atoms with Crippen LogP contribution < -0.4 is 19.4 Å². The summed E-state index contributed by atoms with van der Waals surface area (Å²) >= 11 is 0. The number of nitrogens with zero attached hydrogens (tertiary/aromatic N) is 2. The van der Waals surface area contributed by atoms with Gasteiger partial charge in [0.1, 0.15) is 12.5 Å². The molecule has 3 atom stereocenters. The molecule has 196 valence electrons. The second-order valence-corrected chi connectivity index (χ2v) is 9.42. The van der Waals surface area contributed by atoms with E-state index in [9.17, 15) is 9.59 Å². The highest BCUT2D eigenvalue weighted by Gasteiger charge is 2.60. The fourth-order valence-corrected chi connectivity index (χ4v) is 5.22. The van der Waals surface area contributed by atoms with Gasteiger partial charge in [-0.25, -0.2) is 9.96 Å². The average Bonchev–Trinajstić information content (AvgIpc) is 3.49. The number of fused-ring (bicyclic) bond motifs is 1. The van der Waals surface area contributed by atoms with Crippen molar-refractivity contribution in [2.24, 2.45) is 5.92 Å². The van der Waals surface area contributed by atoms with Gasteiger partial charge in [0, 0.05) is 0 Å². The number of benzene rings is 4. The van der Waals surface area contributed by atoms with Crippen molar-refractivity contribution in [2.45, 2.75) is 25.7 Å². The summed E-state index contributed by atoms with van der Waals surface area (Å²) in [6.45, 7) is 2.75. The second-order valence-electron chi connectivity index (χ2n) is 9.42. The number of amides is 2. The molecule has 0 aliphatic carbocycles. The van der Waals surface area contributed by atoms with Crippen LogP contribution in [0.15, 0.2) is 109 Å². The smallest absolute Gasteiger partial charge is 0.266 e. The summed E-state index contributed by atoms with van der Waals surface area (Å²) in [5.74, 6) is -0.219. The topological polar surface area (TPSA) is 68.3 Å². The first-order valence-electron chi connectivity index (χ1n) is 13.0. The largest absolute Gasteiger partial charge is 0.490 e. The highest BCUT2D eigenvalue weighted by atomic mass is 16.7. The SMILES string of the molecule is CCOc1cc([C@H]2[C@@H]3C(=O)N(c4ccccc4)C(=O)[C@H]3ON2c2ccccc2)ccc1OCc1ccccc1. The average molecular weight is 521 g/mol. The molecule has 0 unspecified atom stereocenters. The Hall–Kier alpha value is -4.62. The maximum absolute atomic E-state index is 13.8. The Morgan fingerprint density at radius 1 is 0.718 bits per heavy atom. The van der Waals surface area contributed by atoms with Gasteiger partial charge in [0.15, 0.2) is 17.6 Å². The minimum absolute atomic E-state index is 0.290. The van der Waals surface area contributed by atoms with E-state index in [-0.39, 0.29) is 11.8 Å². The molecule has 39 heavy (non-hydrogen) atoms. The molecule has 2 aliphatic heterocycles. The molecule has 2 aliphatic rings. The Kier molecular flexibility index (Phi) is 6.73. The lowest BCUT2D eigenvalue weighted by atomic mass is 9.90. The van der Waals surface area contributed by atoms with Gasteiger partial charge in [-0.1, -0.05) is 72.8 Å². The molecule has 2 heterocycles. The van der Waals surface area contributed by atoms with E-state index in [1.807, 2.05) is 91.9 Å². The molecular weight excluding hydrogens is 492 g/mol. The van der Waals surface area contributed by atoms with Gasteiger partial charge >= 0.3 is 0 Å². The Labute approximate surface area is 227 Å². The molecule has 0 bridgehead atoms. The molecule has 0 aromatic heterocycles. The second kappa shape index (κ2) is 10.6. The summed E-state index contributed by atoms with van der Waals surface area (Å²) < 4.78 is 12.1. The van der Waals surface area contributed by atoms with Crippen molar-refractivity contribution in [2.75, 3.05) is 16.6 Å². The van der Waals surface area contributed by atoms with Crippen molar-refractivity contribution in [1.29, 1.82) is 0 Å². The van der Waals surface area contributed by atoms with Crippen LogP contribution in [0.25, 0.3) is 0 Å². The summed E-state index contributed by atoms with van der Waals surface area (Å²) in [6, 6.07) is 33.5. The predicted molar refractivity (Wildman–Crippen MR) is 147 cm³/mol. The summed E-state index contributed by atoms with van der Waals surface area (Å²) in [4.78, 5) is 34.8. The van der Waals surface area contributed by atoms with Crippen LogP contribution in [0.5, 0.6) is 11.5 Å². The summed E-state index contributed by atoms with van der Waals surface area (Å²) in [6.07, 6.45) is -0.938. The predicted octanol–water partition coefficient (Wildman–Crippen LogP) is 5.72. The Morgan fingerprint density at radius 3 is 2.03 bits per heavy atom. The molecular formula is C32H28N2O5. The number of para-hydroxylation sites is 2. The minimum atomic E-state index is -0.938. The van der Waals surface area contributed by atoms with Crippen LogP contribution in [-0.2, 0) is 21.0 Å². The standard InChI is InChI=1S/C32H28N2O5/c1-2-37-27-20-23(18-19-26(27)38-21-22-12-6-3-7-13-22)29-28-30(39-34(29)25-16-10-5-11-17-25)32(36)33(31(28)35)24-14-8-4-9-15-24/h3-20,28-30H,2,21H2,1H3/t28-,29-,30-/m0/s1. The van der Waals surface area contributed by atoms with E-state index in [4.69, 9.17) is 14.3 Å². The van der Waals surface area contributed by atoms with Crippen LogP contribution in [0.3, 0.4) is 0 Å². The van der Waals surface area contributed by atoms with Gasteiger partial charge in [0.2, 0.25) is 5.91 Å². The number of carbonyl (C=O) groups is 2. The number of hydrogen-bond acceptors (Lipinski definition) is 6. The summed E-state index contributed by atoms with van der Waals surface area (Å²) in [5, 5.41) is 1.68. The quantitative estimate of drug-likeness (QED) is 0.277. The first-order chi connectivity index (χ1) is 19.2. The van der Waals surface area contributed by atoms with Crippen molar-refractivity contribution < 1.29 is 23.9 Å². The van der Waals surface area contributed by atoms with Crippen LogP contribution in [0.2, 0.25) is 0 Å². The number of imide groups is 1. The van der Waals surface area contributed by atoms with Crippen LogP contribution in [0.1, 0.15) is 24.1 Å². The molecule has 6 rings (SSSR count). The van der Waals surface area contributed by atoms with Gasteiger partial charge in [-0.05, 0) is 54.4 Å². The molecule has 2 saturated heterocycles. The summed E-state index contributed by atoms with van der Waals surface area (Å²) in [5.41, 5.74) is 3.13. The monoisotopic (exact) mass is 520 g/mol. The molecule has 2 fully saturated rings. The van der Waals surface area contributed by atoms with E-state index in [1.165, 1.54) is 4.90 Å². The lowest BCUT2D eigenvalue weighted by Crippen LogP contribution is -2.37. The highest BCUT2D eigenvalue weighted by molar-refractivity contribution is 6.23. The fraction of sp³-hybridized carbons (Fsp3) is 0.188. The van der Waals surface area contributed by atoms with Crippen molar-refractivity contribution in [3.63, 3.8) is 0 Å². The maximum atomic E-state index is 13.8. The molecule has 0 N–H and O–H groups in total. The summed E-state index contributed by atoms with van der Waals surface area (Å²) in [7, 11) is 0. The van der Waals surface area contributed by atoms with E-state index in [2.05, 4.69) is 0 Å². The zero-order chi connectivity index (χ0) is 26.8. The van der Waals surface area contributed by atoms with Gasteiger partial charge in [-0.15, -0.1) is 0 Å². The van der Waals surface area contributed by atoms with E-state index < -0.39 is 18.1 Å². The number of carbonyl (C=O) groups excluding carboxylic acids is 2. The highest BCUT2D eigenvalue weighted by Crippen LogP contribution is 2.48. The van der Waals surface area contributed by atoms with Gasteiger partial charge in [0.05, 0.1) is 24.0 Å². The lowest BCUT2D eigenvalue weighted by molar-refractivity contribution is -0.126. The van der Waals surface area contributed by atoms with E-state index >= 15 is 0 Å². The molecule has 4 aromatic carbocycles. The first kappa shape index (κ1) is 24.7. The van der Waals surface area contributed by atoms with Crippen LogP contribution >= 0.6 is 0 Å². The molecule has 4 aromatic rings. The van der Waals surface area contributed by atoms with E-state index in [1.54, 1.807) is 29.3 Å². The Balaban J connectivity index is 1.37. The molecule has 0 spiro atoms. The number of anilines is 2. The van der Waals surface area contributed by atoms with Crippen molar-refractivity contribution in [3.8, 4) is 11.5 Å². The molecule has 7 heteroatoms. The fourth-order valence-electron chi connectivity index (χ4n) is 5.22. The third-order valence-corrected chi connectivity index (χ3v) is 6.99. The van der Waals surface area contributed by atoms with Crippen molar-refractivity contribution >= 4 is 23.2 Å². The third kappa shape index (κ3) is 4.62. The number of hydrogen-bond donors (Lipinski definition) is 0. The van der Waals surface area contributed by atoms with Crippen LogP contribution in [0, 0.1) is 5.92 Å². The first-order valence-corrected chi connectivity index (χ1v) is 13.0. The van der Waals surface area contributed by atoms with Crippen LogP contribution in [-0.4, -0.2) is 24.5 Å². The van der Waals surface area contributed by atoms with Gasteiger partial charge in [-0.2, -0.15) is 0 Å². The zero-order valence-corrected chi connectivity index (χ0v) is 21.5. The maximum Gasteiger partial charge on any atom is 0.266 e. The Morgan fingerprint density at radius 2 is 1.36 bits per heavy atom. The van der Waals surface area contributed by atoms with Crippen LogP contribution in [0.4, 0.5) is 11.4 Å². The molecule has 0 radical (unpaired) electrons. The van der Waals surface area contributed by atoms with E-state index in [0.717, 1.165) is 16.8 Å². The van der Waals surface area contributed by atoms with Crippen molar-refractivity contribution in [1.82, 2.24) is 0 Å². The van der Waals surface area contributed by atoms with E-state index in [0.29, 0.717) is 30.4 Å². The molecule has 2 amide bonds. The Bertz CT molecular complexity index is 1460. The number of ether oxygens (including phenoxy) is 2. The van der Waals surface area contributed by atoms with Crippen molar-refractivity contribution in [3.05, 3.63) is 120 Å². The lowest BCUT2D eigenvalue weighted by Gasteiger charge is -2.29.